The number of nitrogens with one attached hydrogen (secondary N) is 1. The van der Waals surface area contributed by atoms with Gasteiger partial charge in [0, 0.05) is 24.6 Å². The van der Waals surface area contributed by atoms with Gasteiger partial charge in [0.2, 0.25) is 5.95 Å². The number of rotatable bonds is 4. The largest absolute Gasteiger partial charge is 0.329 e. The molecular weight excluding hydrogens is 272 g/mol. The normalized spacial score (nSPS) is 10.3. The van der Waals surface area contributed by atoms with Crippen LogP contribution < -0.4 is 10.2 Å². The summed E-state index contributed by atoms with van der Waals surface area (Å²) < 4.78 is 0. The van der Waals surface area contributed by atoms with E-state index in [2.05, 4.69) is 40.4 Å². The lowest BCUT2D eigenvalue weighted by atomic mass is 10.2. The molecule has 0 fully saturated rings. The molecule has 3 rings (SSSR count). The van der Waals surface area contributed by atoms with Crippen LogP contribution in [0.15, 0.2) is 66.9 Å². The van der Waals surface area contributed by atoms with Gasteiger partial charge in [-0.15, -0.1) is 0 Å². The van der Waals surface area contributed by atoms with E-state index in [1.807, 2.05) is 54.4 Å². The second kappa shape index (κ2) is 6.26. The fraction of sp³-hybridized carbons (Fsp3) is 0.111. The van der Waals surface area contributed by atoms with E-state index >= 15 is 0 Å². The number of nitrogens with zero attached hydrogens (tertiary/aromatic N) is 3. The Hall–Kier alpha value is -2.88. The Bertz CT molecular complexity index is 756. The highest BCUT2D eigenvalue weighted by atomic mass is 15.2. The number of aromatic nitrogens is 2. The smallest absolute Gasteiger partial charge is 0.229 e. The molecule has 0 atom stereocenters. The zero-order valence-electron chi connectivity index (χ0n) is 12.7. The molecule has 0 saturated heterocycles. The molecule has 22 heavy (non-hydrogen) atoms. The molecule has 1 N–H and O–H groups in total. The van der Waals surface area contributed by atoms with Crippen molar-refractivity contribution in [1.82, 2.24) is 9.97 Å². The maximum Gasteiger partial charge on any atom is 0.229 e. The monoisotopic (exact) mass is 290 g/mol. The molecule has 0 saturated carbocycles. The van der Waals surface area contributed by atoms with Gasteiger partial charge in [0.1, 0.15) is 5.82 Å². The number of hydrogen-bond donors (Lipinski definition) is 1. The molecule has 4 heteroatoms. The number of benzene rings is 2. The molecule has 0 amide bonds. The van der Waals surface area contributed by atoms with Crippen LogP contribution in [-0.2, 0) is 0 Å². The fourth-order valence-electron chi connectivity index (χ4n) is 2.21. The van der Waals surface area contributed by atoms with E-state index in [9.17, 15) is 0 Å². The van der Waals surface area contributed by atoms with Crippen LogP contribution in [0.2, 0.25) is 0 Å². The fourth-order valence-corrected chi connectivity index (χ4v) is 2.21. The van der Waals surface area contributed by atoms with Crippen molar-refractivity contribution in [1.29, 1.82) is 0 Å². The minimum absolute atomic E-state index is 0.592. The van der Waals surface area contributed by atoms with E-state index in [1.165, 1.54) is 0 Å². The summed E-state index contributed by atoms with van der Waals surface area (Å²) in [6.07, 6.45) is 1.77. The number of hydrogen-bond acceptors (Lipinski definition) is 4. The summed E-state index contributed by atoms with van der Waals surface area (Å²) >= 11 is 0. The van der Waals surface area contributed by atoms with Gasteiger partial charge in [-0.2, -0.15) is 4.98 Å². The van der Waals surface area contributed by atoms with Crippen LogP contribution >= 0.6 is 0 Å². The predicted molar refractivity (Wildman–Crippen MR) is 91.0 cm³/mol. The second-order valence-corrected chi connectivity index (χ2v) is 5.07. The van der Waals surface area contributed by atoms with E-state index in [-0.39, 0.29) is 0 Å². The Morgan fingerprint density at radius 2 is 1.64 bits per heavy atom. The standard InChI is InChI=1S/C18H18N4/c1-14-8-6-7-11-16(14)20-18-19-13-12-17(21-18)22(2)15-9-4-3-5-10-15/h3-13H,1-2H3,(H,19,20,21). The molecule has 4 nitrogen and oxygen atoms in total. The van der Waals surface area contributed by atoms with Crippen LogP contribution in [0.25, 0.3) is 0 Å². The van der Waals surface area contributed by atoms with Gasteiger partial charge in [0.15, 0.2) is 0 Å². The van der Waals surface area contributed by atoms with Crippen molar-refractivity contribution in [2.24, 2.45) is 0 Å². The van der Waals surface area contributed by atoms with Gasteiger partial charge in [-0.3, -0.25) is 0 Å². The minimum atomic E-state index is 0.592. The molecule has 1 aromatic heterocycles. The molecule has 0 aliphatic rings. The zero-order valence-corrected chi connectivity index (χ0v) is 12.7. The van der Waals surface area contributed by atoms with Crippen molar-refractivity contribution >= 4 is 23.1 Å². The van der Waals surface area contributed by atoms with Crippen molar-refractivity contribution in [2.45, 2.75) is 6.92 Å². The van der Waals surface area contributed by atoms with Crippen molar-refractivity contribution < 1.29 is 0 Å². The topological polar surface area (TPSA) is 41.1 Å². The maximum atomic E-state index is 4.59. The number of aryl methyl sites for hydroxylation is 1. The molecular formula is C18H18N4. The first-order valence-electron chi connectivity index (χ1n) is 7.18. The van der Waals surface area contributed by atoms with Crippen molar-refractivity contribution in [3.8, 4) is 0 Å². The minimum Gasteiger partial charge on any atom is -0.329 e. The maximum absolute atomic E-state index is 4.59. The lowest BCUT2D eigenvalue weighted by Crippen LogP contribution is -2.12. The highest BCUT2D eigenvalue weighted by Crippen LogP contribution is 2.23. The summed E-state index contributed by atoms with van der Waals surface area (Å²) in [5.41, 5.74) is 3.26. The zero-order chi connectivity index (χ0) is 15.4. The summed E-state index contributed by atoms with van der Waals surface area (Å²) in [6, 6.07) is 20.1. The van der Waals surface area contributed by atoms with E-state index in [0.717, 1.165) is 22.8 Å². The van der Waals surface area contributed by atoms with Gasteiger partial charge in [-0.05, 0) is 36.8 Å². The van der Waals surface area contributed by atoms with Gasteiger partial charge < -0.3 is 10.2 Å². The first-order valence-corrected chi connectivity index (χ1v) is 7.18. The predicted octanol–water partition coefficient (Wildman–Crippen LogP) is 4.30. The van der Waals surface area contributed by atoms with E-state index < -0.39 is 0 Å². The molecule has 0 spiro atoms. The summed E-state index contributed by atoms with van der Waals surface area (Å²) in [4.78, 5) is 10.9. The van der Waals surface area contributed by atoms with Crippen LogP contribution in [0.4, 0.5) is 23.1 Å². The van der Waals surface area contributed by atoms with Crippen molar-refractivity contribution in [3.05, 3.63) is 72.4 Å². The Balaban J connectivity index is 1.85. The molecule has 0 radical (unpaired) electrons. The van der Waals surface area contributed by atoms with Gasteiger partial charge in [0.25, 0.3) is 0 Å². The Morgan fingerprint density at radius 3 is 2.41 bits per heavy atom. The molecule has 0 aliphatic carbocycles. The number of anilines is 4. The Kier molecular flexibility index (Phi) is 4.01. The summed E-state index contributed by atoms with van der Waals surface area (Å²) in [5, 5.41) is 3.27. The SMILES string of the molecule is Cc1ccccc1Nc1nccc(N(C)c2ccccc2)n1. The van der Waals surface area contributed by atoms with Gasteiger partial charge in [-0.25, -0.2) is 4.98 Å². The van der Waals surface area contributed by atoms with Gasteiger partial charge >= 0.3 is 0 Å². The van der Waals surface area contributed by atoms with Gasteiger partial charge in [0.05, 0.1) is 0 Å². The lowest BCUT2D eigenvalue weighted by molar-refractivity contribution is 1.08. The molecule has 110 valence electrons. The highest BCUT2D eigenvalue weighted by Gasteiger charge is 2.07. The van der Waals surface area contributed by atoms with Crippen LogP contribution in [0.5, 0.6) is 0 Å². The van der Waals surface area contributed by atoms with Crippen molar-refractivity contribution in [2.75, 3.05) is 17.3 Å². The quantitative estimate of drug-likeness (QED) is 0.778. The summed E-state index contributed by atoms with van der Waals surface area (Å²) in [7, 11) is 2.00. The third-order valence-corrected chi connectivity index (χ3v) is 3.52. The molecule has 3 aromatic rings. The van der Waals surface area contributed by atoms with Crippen LogP contribution in [-0.4, -0.2) is 17.0 Å². The summed E-state index contributed by atoms with van der Waals surface area (Å²) in [5.74, 6) is 1.44. The second-order valence-electron chi connectivity index (χ2n) is 5.07. The molecule has 0 aliphatic heterocycles. The average molecular weight is 290 g/mol. The van der Waals surface area contributed by atoms with Crippen molar-refractivity contribution in [3.63, 3.8) is 0 Å². The van der Waals surface area contributed by atoms with Crippen LogP contribution in [0, 0.1) is 6.92 Å². The third-order valence-electron chi connectivity index (χ3n) is 3.52. The average Bonchev–Trinajstić information content (AvgIpc) is 2.57. The Morgan fingerprint density at radius 1 is 0.909 bits per heavy atom. The lowest BCUT2D eigenvalue weighted by Gasteiger charge is -2.18. The Labute approximate surface area is 130 Å². The number of para-hydroxylation sites is 2. The van der Waals surface area contributed by atoms with Gasteiger partial charge in [-0.1, -0.05) is 36.4 Å². The molecule has 1 heterocycles. The third kappa shape index (κ3) is 3.06. The molecule has 0 unspecified atom stereocenters. The van der Waals surface area contributed by atoms with E-state index in [1.54, 1.807) is 6.20 Å². The summed E-state index contributed by atoms with van der Waals surface area (Å²) in [6.45, 7) is 2.06. The van der Waals surface area contributed by atoms with E-state index in [0.29, 0.717) is 5.95 Å². The van der Waals surface area contributed by atoms with E-state index in [4.69, 9.17) is 0 Å². The highest BCUT2D eigenvalue weighted by molar-refractivity contribution is 5.62. The first-order chi connectivity index (χ1) is 10.7. The molecule has 2 aromatic carbocycles. The van der Waals surface area contributed by atoms with Crippen LogP contribution in [0.3, 0.4) is 0 Å². The van der Waals surface area contributed by atoms with Crippen LogP contribution in [0.1, 0.15) is 5.56 Å². The molecule has 0 bridgehead atoms. The first kappa shape index (κ1) is 14.1.